The SMILES string of the molecule is CN1CCCC(N(C)c2ccc(C#N)c(N)c2)C1. The highest BCUT2D eigenvalue weighted by molar-refractivity contribution is 5.63. The van der Waals surface area contributed by atoms with Gasteiger partial charge in [-0.1, -0.05) is 0 Å². The average molecular weight is 244 g/mol. The van der Waals surface area contributed by atoms with Gasteiger partial charge in [0.05, 0.1) is 11.3 Å². The van der Waals surface area contributed by atoms with Crippen molar-refractivity contribution < 1.29 is 0 Å². The molecule has 4 nitrogen and oxygen atoms in total. The largest absolute Gasteiger partial charge is 0.398 e. The molecule has 2 N–H and O–H groups in total. The lowest BCUT2D eigenvalue weighted by atomic mass is 10.0. The van der Waals surface area contributed by atoms with Crippen LogP contribution in [0.3, 0.4) is 0 Å². The number of piperidine rings is 1. The summed E-state index contributed by atoms with van der Waals surface area (Å²) in [7, 11) is 4.26. The fourth-order valence-corrected chi connectivity index (χ4v) is 2.54. The van der Waals surface area contributed by atoms with E-state index < -0.39 is 0 Å². The van der Waals surface area contributed by atoms with Crippen LogP contribution in [-0.2, 0) is 0 Å². The first-order chi connectivity index (χ1) is 8.61. The van der Waals surface area contributed by atoms with Gasteiger partial charge in [-0.2, -0.15) is 5.26 Å². The van der Waals surface area contributed by atoms with Crippen LogP contribution in [-0.4, -0.2) is 38.1 Å². The highest BCUT2D eigenvalue weighted by Gasteiger charge is 2.21. The maximum atomic E-state index is 8.88. The van der Waals surface area contributed by atoms with Crippen molar-refractivity contribution in [2.24, 2.45) is 0 Å². The summed E-state index contributed by atoms with van der Waals surface area (Å²) in [6, 6.07) is 8.29. The maximum Gasteiger partial charge on any atom is 0.101 e. The van der Waals surface area contributed by atoms with Gasteiger partial charge in [0, 0.05) is 25.3 Å². The lowest BCUT2D eigenvalue weighted by molar-refractivity contribution is 0.248. The molecule has 1 saturated heterocycles. The van der Waals surface area contributed by atoms with Gasteiger partial charge in [0.2, 0.25) is 0 Å². The topological polar surface area (TPSA) is 56.3 Å². The molecule has 1 heterocycles. The summed E-state index contributed by atoms with van der Waals surface area (Å²) in [6.45, 7) is 2.26. The number of anilines is 2. The number of nitrogen functional groups attached to an aromatic ring is 1. The van der Waals surface area contributed by atoms with Crippen molar-refractivity contribution in [3.63, 3.8) is 0 Å². The lowest BCUT2D eigenvalue weighted by Crippen LogP contribution is -2.45. The van der Waals surface area contributed by atoms with Crippen molar-refractivity contribution in [1.82, 2.24) is 4.90 Å². The number of nitrogens with zero attached hydrogens (tertiary/aromatic N) is 3. The Labute approximate surface area is 109 Å². The number of benzene rings is 1. The quantitative estimate of drug-likeness (QED) is 0.804. The summed E-state index contributed by atoms with van der Waals surface area (Å²) in [5, 5.41) is 8.88. The van der Waals surface area contributed by atoms with Crippen LogP contribution in [0.4, 0.5) is 11.4 Å². The molecule has 1 unspecified atom stereocenters. The highest BCUT2D eigenvalue weighted by atomic mass is 15.2. The van der Waals surface area contributed by atoms with E-state index in [1.807, 2.05) is 12.1 Å². The molecule has 0 bridgehead atoms. The Bertz CT molecular complexity index is 463. The molecule has 0 amide bonds. The molecule has 0 spiro atoms. The Hall–Kier alpha value is -1.73. The zero-order chi connectivity index (χ0) is 13.1. The molecule has 0 radical (unpaired) electrons. The van der Waals surface area contributed by atoms with Gasteiger partial charge in [0.15, 0.2) is 0 Å². The molecule has 1 aromatic rings. The van der Waals surface area contributed by atoms with E-state index in [0.29, 0.717) is 17.3 Å². The lowest BCUT2D eigenvalue weighted by Gasteiger charge is -2.37. The van der Waals surface area contributed by atoms with Crippen molar-refractivity contribution in [2.75, 3.05) is 37.8 Å². The second-order valence-electron chi connectivity index (χ2n) is 5.05. The Morgan fingerprint density at radius 3 is 2.89 bits per heavy atom. The Kier molecular flexibility index (Phi) is 3.73. The first kappa shape index (κ1) is 12.7. The number of hydrogen-bond acceptors (Lipinski definition) is 4. The molecule has 1 fully saturated rings. The van der Waals surface area contributed by atoms with Crippen LogP contribution >= 0.6 is 0 Å². The average Bonchev–Trinajstić information content (AvgIpc) is 2.37. The van der Waals surface area contributed by atoms with E-state index in [1.54, 1.807) is 6.07 Å². The van der Waals surface area contributed by atoms with Gasteiger partial charge < -0.3 is 15.5 Å². The van der Waals surface area contributed by atoms with E-state index in [9.17, 15) is 0 Å². The van der Waals surface area contributed by atoms with Crippen LogP contribution in [0.2, 0.25) is 0 Å². The number of hydrogen-bond donors (Lipinski definition) is 1. The molecule has 0 aromatic heterocycles. The minimum atomic E-state index is 0.524. The van der Waals surface area contributed by atoms with Crippen LogP contribution in [0, 0.1) is 11.3 Å². The molecular weight excluding hydrogens is 224 g/mol. The molecule has 1 atom stereocenters. The summed E-state index contributed by atoms with van der Waals surface area (Å²) in [4.78, 5) is 4.63. The third-order valence-electron chi connectivity index (χ3n) is 3.71. The molecule has 4 heteroatoms. The Morgan fingerprint density at radius 1 is 1.50 bits per heavy atom. The predicted molar refractivity (Wildman–Crippen MR) is 74.5 cm³/mol. The molecule has 1 aliphatic rings. The van der Waals surface area contributed by atoms with E-state index >= 15 is 0 Å². The number of nitriles is 1. The Balaban J connectivity index is 2.15. The first-order valence-electron chi connectivity index (χ1n) is 6.33. The van der Waals surface area contributed by atoms with Gasteiger partial charge in [-0.15, -0.1) is 0 Å². The van der Waals surface area contributed by atoms with Crippen molar-refractivity contribution in [1.29, 1.82) is 5.26 Å². The van der Waals surface area contributed by atoms with E-state index in [0.717, 1.165) is 12.2 Å². The second-order valence-corrected chi connectivity index (χ2v) is 5.05. The maximum absolute atomic E-state index is 8.88. The van der Waals surface area contributed by atoms with E-state index in [-0.39, 0.29) is 0 Å². The van der Waals surface area contributed by atoms with Gasteiger partial charge >= 0.3 is 0 Å². The molecule has 1 aliphatic heterocycles. The van der Waals surface area contributed by atoms with Crippen LogP contribution < -0.4 is 10.6 Å². The minimum absolute atomic E-state index is 0.524. The zero-order valence-electron chi connectivity index (χ0n) is 11.1. The molecule has 96 valence electrons. The third kappa shape index (κ3) is 2.57. The normalized spacial score (nSPS) is 20.4. The molecule has 1 aromatic carbocycles. The molecule has 0 aliphatic carbocycles. The number of likely N-dealkylation sites (N-methyl/N-ethyl adjacent to an activating group) is 2. The fraction of sp³-hybridized carbons (Fsp3) is 0.500. The molecular formula is C14H20N4. The standard InChI is InChI=1S/C14H20N4/c1-17-7-3-4-13(10-17)18(2)12-6-5-11(9-15)14(16)8-12/h5-6,8,13H,3-4,7,10,16H2,1-2H3. The Morgan fingerprint density at radius 2 is 2.28 bits per heavy atom. The number of likely N-dealkylation sites (tertiary alicyclic amines) is 1. The second kappa shape index (κ2) is 5.28. The van der Waals surface area contributed by atoms with Crippen LogP contribution in [0.25, 0.3) is 0 Å². The fourth-order valence-electron chi connectivity index (χ4n) is 2.54. The van der Waals surface area contributed by atoms with Gasteiger partial charge in [0.1, 0.15) is 6.07 Å². The van der Waals surface area contributed by atoms with Crippen LogP contribution in [0.1, 0.15) is 18.4 Å². The van der Waals surface area contributed by atoms with Gasteiger partial charge in [-0.3, -0.25) is 0 Å². The summed E-state index contributed by atoms with van der Waals surface area (Å²) in [5.74, 6) is 0. The van der Waals surface area contributed by atoms with Crippen molar-refractivity contribution in [3.8, 4) is 6.07 Å². The van der Waals surface area contributed by atoms with Crippen molar-refractivity contribution in [3.05, 3.63) is 23.8 Å². The summed E-state index contributed by atoms with van der Waals surface area (Å²) >= 11 is 0. The highest BCUT2D eigenvalue weighted by Crippen LogP contribution is 2.24. The number of nitrogens with two attached hydrogens (primary N) is 1. The van der Waals surface area contributed by atoms with Gasteiger partial charge in [0.25, 0.3) is 0 Å². The summed E-state index contributed by atoms with van der Waals surface area (Å²) in [6.07, 6.45) is 2.44. The molecule has 18 heavy (non-hydrogen) atoms. The summed E-state index contributed by atoms with van der Waals surface area (Å²) < 4.78 is 0. The van der Waals surface area contributed by atoms with Crippen molar-refractivity contribution in [2.45, 2.75) is 18.9 Å². The van der Waals surface area contributed by atoms with Crippen molar-refractivity contribution >= 4 is 11.4 Å². The van der Waals surface area contributed by atoms with E-state index in [1.165, 1.54) is 19.4 Å². The first-order valence-corrected chi connectivity index (χ1v) is 6.33. The molecule has 0 saturated carbocycles. The summed E-state index contributed by atoms with van der Waals surface area (Å²) in [5.41, 5.74) is 8.07. The van der Waals surface area contributed by atoms with E-state index in [4.69, 9.17) is 11.0 Å². The number of rotatable bonds is 2. The van der Waals surface area contributed by atoms with Gasteiger partial charge in [-0.25, -0.2) is 0 Å². The molecule has 2 rings (SSSR count). The van der Waals surface area contributed by atoms with Gasteiger partial charge in [-0.05, 0) is 44.6 Å². The minimum Gasteiger partial charge on any atom is -0.398 e. The zero-order valence-corrected chi connectivity index (χ0v) is 11.1. The smallest absolute Gasteiger partial charge is 0.101 e. The van der Waals surface area contributed by atoms with E-state index in [2.05, 4.69) is 30.0 Å². The van der Waals surface area contributed by atoms with Crippen LogP contribution in [0.15, 0.2) is 18.2 Å². The predicted octanol–water partition coefficient (Wildman–Crippen LogP) is 1.67. The third-order valence-corrected chi connectivity index (χ3v) is 3.71. The monoisotopic (exact) mass is 244 g/mol. The van der Waals surface area contributed by atoms with Crippen LogP contribution in [0.5, 0.6) is 0 Å².